The molecule has 0 spiro atoms. The molecule has 0 aliphatic heterocycles. The van der Waals surface area contributed by atoms with Crippen molar-refractivity contribution in [3.8, 4) is 0 Å². The highest BCUT2D eigenvalue weighted by molar-refractivity contribution is 5.97. The number of hydrogen-bond donors (Lipinski definition) is 2. The number of esters is 1. The van der Waals surface area contributed by atoms with Crippen molar-refractivity contribution in [2.75, 3.05) is 27.2 Å². The van der Waals surface area contributed by atoms with Crippen LogP contribution >= 0.6 is 0 Å². The minimum absolute atomic E-state index is 0.193. The fourth-order valence-electron chi connectivity index (χ4n) is 2.49. The van der Waals surface area contributed by atoms with Gasteiger partial charge in [0, 0.05) is 26.1 Å². The van der Waals surface area contributed by atoms with Crippen LogP contribution in [0.5, 0.6) is 0 Å². The molecule has 0 fully saturated rings. The van der Waals surface area contributed by atoms with Gasteiger partial charge in [-0.2, -0.15) is 0 Å². The van der Waals surface area contributed by atoms with Gasteiger partial charge in [-0.1, -0.05) is 48.5 Å². The van der Waals surface area contributed by atoms with Crippen LogP contribution in [-0.2, 0) is 25.5 Å². The summed E-state index contributed by atoms with van der Waals surface area (Å²) < 4.78 is 5.08. The zero-order valence-electron chi connectivity index (χ0n) is 17.0. The largest absolute Gasteiger partial charge is 0.454 e. The minimum atomic E-state index is -0.976. The van der Waals surface area contributed by atoms with Gasteiger partial charge in [0.05, 0.1) is 6.54 Å². The van der Waals surface area contributed by atoms with E-state index >= 15 is 0 Å². The van der Waals surface area contributed by atoms with Crippen LogP contribution in [0, 0.1) is 0 Å². The van der Waals surface area contributed by atoms with Crippen molar-refractivity contribution < 1.29 is 23.9 Å². The maximum absolute atomic E-state index is 12.6. The molecule has 0 saturated carbocycles. The lowest BCUT2D eigenvalue weighted by molar-refractivity contribution is -0.150. The summed E-state index contributed by atoms with van der Waals surface area (Å²) in [6.07, 6.45) is 0.207. The summed E-state index contributed by atoms with van der Waals surface area (Å²) in [7, 11) is 3.14. The van der Waals surface area contributed by atoms with Gasteiger partial charge in [0.15, 0.2) is 6.61 Å². The molecule has 158 valence electrons. The Bertz CT molecular complexity index is 869. The highest BCUT2D eigenvalue weighted by atomic mass is 16.5. The van der Waals surface area contributed by atoms with Crippen LogP contribution in [0.4, 0.5) is 0 Å². The van der Waals surface area contributed by atoms with Gasteiger partial charge < -0.3 is 20.3 Å². The quantitative estimate of drug-likeness (QED) is 0.593. The van der Waals surface area contributed by atoms with Crippen molar-refractivity contribution in [3.63, 3.8) is 0 Å². The molecule has 0 aromatic heterocycles. The standard InChI is InChI=1S/C22H25N3O5/c1-25(2)20(27)14-23-19(26)15-30-22(29)18(13-16-9-5-3-6-10-16)24-21(28)17-11-7-4-8-12-17/h3-12,18H,13-15H2,1-2H3,(H,23,26)(H,24,28)/t18-/m0/s1. The van der Waals surface area contributed by atoms with Crippen LogP contribution in [0.2, 0.25) is 0 Å². The third-order valence-corrected chi connectivity index (χ3v) is 4.19. The van der Waals surface area contributed by atoms with Gasteiger partial charge in [0.25, 0.3) is 11.8 Å². The Hall–Kier alpha value is -3.68. The van der Waals surface area contributed by atoms with E-state index in [9.17, 15) is 19.2 Å². The first-order chi connectivity index (χ1) is 14.4. The molecular weight excluding hydrogens is 386 g/mol. The molecule has 0 bridgehead atoms. The predicted octanol–water partition coefficient (Wildman–Crippen LogP) is 0.775. The number of ether oxygens (including phenoxy) is 1. The van der Waals surface area contributed by atoms with E-state index in [1.807, 2.05) is 30.3 Å². The summed E-state index contributed by atoms with van der Waals surface area (Å²) >= 11 is 0. The van der Waals surface area contributed by atoms with Crippen LogP contribution < -0.4 is 10.6 Å². The number of carbonyl (C=O) groups is 4. The van der Waals surface area contributed by atoms with E-state index in [4.69, 9.17) is 4.74 Å². The van der Waals surface area contributed by atoms with E-state index < -0.39 is 30.4 Å². The normalized spacial score (nSPS) is 11.1. The maximum Gasteiger partial charge on any atom is 0.329 e. The predicted molar refractivity (Wildman–Crippen MR) is 111 cm³/mol. The van der Waals surface area contributed by atoms with Crippen molar-refractivity contribution in [1.29, 1.82) is 0 Å². The summed E-state index contributed by atoms with van der Waals surface area (Å²) in [6.45, 7) is -0.742. The second-order valence-corrected chi connectivity index (χ2v) is 6.75. The second-order valence-electron chi connectivity index (χ2n) is 6.75. The van der Waals surface area contributed by atoms with Crippen LogP contribution in [0.1, 0.15) is 15.9 Å². The lowest BCUT2D eigenvalue weighted by Crippen LogP contribution is -2.45. The Balaban J connectivity index is 1.98. The molecule has 2 aromatic rings. The van der Waals surface area contributed by atoms with Gasteiger partial charge in [-0.15, -0.1) is 0 Å². The molecule has 8 heteroatoms. The summed E-state index contributed by atoms with van der Waals surface area (Å²) in [6, 6.07) is 16.7. The van der Waals surface area contributed by atoms with Gasteiger partial charge in [0.2, 0.25) is 5.91 Å². The highest BCUT2D eigenvalue weighted by Crippen LogP contribution is 2.07. The minimum Gasteiger partial charge on any atom is -0.454 e. The van der Waals surface area contributed by atoms with Crippen molar-refractivity contribution in [2.45, 2.75) is 12.5 Å². The lowest BCUT2D eigenvalue weighted by atomic mass is 10.1. The van der Waals surface area contributed by atoms with E-state index in [0.717, 1.165) is 5.56 Å². The van der Waals surface area contributed by atoms with E-state index in [0.29, 0.717) is 5.56 Å². The second kappa shape index (κ2) is 11.4. The number of nitrogens with zero attached hydrogens (tertiary/aromatic N) is 1. The molecule has 0 saturated heterocycles. The lowest BCUT2D eigenvalue weighted by Gasteiger charge is -2.18. The molecule has 0 aliphatic carbocycles. The molecular formula is C22H25N3O5. The van der Waals surface area contributed by atoms with Gasteiger partial charge in [-0.3, -0.25) is 14.4 Å². The van der Waals surface area contributed by atoms with E-state index in [1.165, 1.54) is 4.90 Å². The third-order valence-electron chi connectivity index (χ3n) is 4.19. The highest BCUT2D eigenvalue weighted by Gasteiger charge is 2.24. The van der Waals surface area contributed by atoms with Gasteiger partial charge in [0.1, 0.15) is 6.04 Å². The van der Waals surface area contributed by atoms with Crippen LogP contribution in [0.15, 0.2) is 60.7 Å². The van der Waals surface area contributed by atoms with Gasteiger partial charge in [-0.25, -0.2) is 4.79 Å². The number of likely N-dealkylation sites (N-methyl/N-ethyl adjacent to an activating group) is 1. The topological polar surface area (TPSA) is 105 Å². The van der Waals surface area contributed by atoms with Gasteiger partial charge in [-0.05, 0) is 17.7 Å². The summed E-state index contributed by atoms with van der Waals surface area (Å²) in [4.78, 5) is 49.8. The molecule has 2 rings (SSSR count). The van der Waals surface area contributed by atoms with Crippen molar-refractivity contribution >= 4 is 23.7 Å². The molecule has 3 amide bonds. The number of nitrogens with one attached hydrogen (secondary N) is 2. The summed E-state index contributed by atoms with van der Waals surface area (Å²) in [5, 5.41) is 5.04. The number of hydrogen-bond acceptors (Lipinski definition) is 5. The first kappa shape index (κ1) is 22.6. The monoisotopic (exact) mass is 411 g/mol. The Labute approximate surface area is 175 Å². The number of carbonyl (C=O) groups excluding carboxylic acids is 4. The van der Waals surface area contributed by atoms with Gasteiger partial charge >= 0.3 is 5.97 Å². The number of benzene rings is 2. The zero-order chi connectivity index (χ0) is 21.9. The summed E-state index contributed by atoms with van der Waals surface area (Å²) in [5.41, 5.74) is 1.23. The van der Waals surface area contributed by atoms with Crippen LogP contribution in [0.3, 0.4) is 0 Å². The van der Waals surface area contributed by atoms with Crippen LogP contribution in [-0.4, -0.2) is 61.9 Å². The third kappa shape index (κ3) is 7.38. The van der Waals surface area contributed by atoms with E-state index in [2.05, 4.69) is 10.6 Å². The molecule has 8 nitrogen and oxygen atoms in total. The first-order valence-corrected chi connectivity index (χ1v) is 9.40. The molecule has 2 N–H and O–H groups in total. The van der Waals surface area contributed by atoms with Crippen LogP contribution in [0.25, 0.3) is 0 Å². The molecule has 1 atom stereocenters. The smallest absolute Gasteiger partial charge is 0.329 e. The average Bonchev–Trinajstić information content (AvgIpc) is 2.76. The molecule has 0 radical (unpaired) electrons. The Morgan fingerprint density at radius 3 is 2.13 bits per heavy atom. The molecule has 0 unspecified atom stereocenters. The Kier molecular flexibility index (Phi) is 8.56. The fourth-order valence-corrected chi connectivity index (χ4v) is 2.49. The van der Waals surface area contributed by atoms with E-state index in [-0.39, 0.29) is 18.9 Å². The molecule has 0 heterocycles. The number of rotatable bonds is 9. The summed E-state index contributed by atoms with van der Waals surface area (Å²) in [5.74, 6) is -2.05. The molecule has 2 aromatic carbocycles. The first-order valence-electron chi connectivity index (χ1n) is 9.40. The Morgan fingerprint density at radius 1 is 0.933 bits per heavy atom. The zero-order valence-corrected chi connectivity index (χ0v) is 17.0. The van der Waals surface area contributed by atoms with Crippen molar-refractivity contribution in [3.05, 3.63) is 71.8 Å². The molecule has 0 aliphatic rings. The molecule has 30 heavy (non-hydrogen) atoms. The maximum atomic E-state index is 12.6. The Morgan fingerprint density at radius 2 is 1.53 bits per heavy atom. The van der Waals surface area contributed by atoms with Crippen molar-refractivity contribution in [1.82, 2.24) is 15.5 Å². The van der Waals surface area contributed by atoms with E-state index in [1.54, 1.807) is 44.4 Å². The average molecular weight is 411 g/mol. The SMILES string of the molecule is CN(C)C(=O)CNC(=O)COC(=O)[C@H](Cc1ccccc1)NC(=O)c1ccccc1. The van der Waals surface area contributed by atoms with Crippen molar-refractivity contribution in [2.24, 2.45) is 0 Å². The fraction of sp³-hybridized carbons (Fsp3) is 0.273. The number of amides is 3.